The minimum absolute atomic E-state index is 0.0929. The van der Waals surface area contributed by atoms with Crippen molar-refractivity contribution < 1.29 is 28.5 Å². The zero-order chi connectivity index (χ0) is 20.0. The fourth-order valence-electron chi connectivity index (χ4n) is 2.27. The first-order valence-electron chi connectivity index (χ1n) is 7.94. The van der Waals surface area contributed by atoms with E-state index < -0.39 is 35.2 Å². The van der Waals surface area contributed by atoms with Crippen molar-refractivity contribution in [3.63, 3.8) is 0 Å². The third-order valence-electron chi connectivity index (χ3n) is 3.80. The number of hydrogen-bond acceptors (Lipinski definition) is 8. The molecule has 0 bridgehead atoms. The van der Waals surface area contributed by atoms with Gasteiger partial charge in [-0.2, -0.15) is 0 Å². The molecule has 9 nitrogen and oxygen atoms in total. The predicted molar refractivity (Wildman–Crippen MR) is 93.7 cm³/mol. The number of carbonyl (C=O) groups is 2. The number of nitrogens with zero attached hydrogens (tertiary/aromatic N) is 2. The van der Waals surface area contributed by atoms with Crippen LogP contribution in [0.15, 0.2) is 35.1 Å². The van der Waals surface area contributed by atoms with Gasteiger partial charge in [0.05, 0.1) is 19.1 Å². The zero-order valence-corrected chi connectivity index (χ0v) is 15.4. The SMILES string of the molecule is COC(=O)c1nc(CC(OC)OC)n(C)c(=O)c1OC(=O)c1ccccc1. The van der Waals surface area contributed by atoms with Gasteiger partial charge in [0.15, 0.2) is 12.0 Å². The Morgan fingerprint density at radius 3 is 2.26 bits per heavy atom. The molecule has 0 fully saturated rings. The largest absolute Gasteiger partial charge is 0.464 e. The van der Waals surface area contributed by atoms with Crippen molar-refractivity contribution >= 4 is 11.9 Å². The van der Waals surface area contributed by atoms with Crippen LogP contribution in [0.2, 0.25) is 0 Å². The molecule has 27 heavy (non-hydrogen) atoms. The van der Waals surface area contributed by atoms with E-state index in [1.54, 1.807) is 18.2 Å². The van der Waals surface area contributed by atoms with E-state index in [-0.39, 0.29) is 17.8 Å². The quantitative estimate of drug-likeness (QED) is 0.519. The summed E-state index contributed by atoms with van der Waals surface area (Å²) in [4.78, 5) is 41.3. The van der Waals surface area contributed by atoms with Crippen LogP contribution in [0.3, 0.4) is 0 Å². The molecule has 1 aromatic heterocycles. The summed E-state index contributed by atoms with van der Waals surface area (Å²) in [6.45, 7) is 0. The van der Waals surface area contributed by atoms with Crippen LogP contribution in [0.1, 0.15) is 26.7 Å². The van der Waals surface area contributed by atoms with Crippen LogP contribution in [0.5, 0.6) is 5.75 Å². The first kappa shape index (κ1) is 20.3. The molecule has 0 radical (unpaired) electrons. The normalized spacial score (nSPS) is 10.7. The van der Waals surface area contributed by atoms with E-state index in [1.165, 1.54) is 33.4 Å². The second-order valence-electron chi connectivity index (χ2n) is 5.42. The maximum Gasteiger partial charge on any atom is 0.360 e. The van der Waals surface area contributed by atoms with Gasteiger partial charge in [-0.05, 0) is 12.1 Å². The molecule has 2 rings (SSSR count). The van der Waals surface area contributed by atoms with Crippen LogP contribution in [-0.2, 0) is 27.7 Å². The van der Waals surface area contributed by atoms with Gasteiger partial charge < -0.3 is 18.9 Å². The molecular weight excluding hydrogens is 356 g/mol. The molecule has 0 saturated heterocycles. The van der Waals surface area contributed by atoms with Crippen LogP contribution in [-0.4, -0.2) is 49.1 Å². The lowest BCUT2D eigenvalue weighted by atomic mass is 10.2. The molecule has 1 aromatic carbocycles. The molecule has 144 valence electrons. The first-order valence-corrected chi connectivity index (χ1v) is 7.94. The summed E-state index contributed by atoms with van der Waals surface area (Å²) in [6, 6.07) is 8.07. The zero-order valence-electron chi connectivity index (χ0n) is 15.4. The van der Waals surface area contributed by atoms with Gasteiger partial charge in [-0.1, -0.05) is 18.2 Å². The number of rotatable bonds is 7. The fourth-order valence-corrected chi connectivity index (χ4v) is 2.27. The molecule has 0 atom stereocenters. The number of aromatic nitrogens is 2. The van der Waals surface area contributed by atoms with E-state index in [9.17, 15) is 14.4 Å². The van der Waals surface area contributed by atoms with Crippen LogP contribution >= 0.6 is 0 Å². The Labute approximate surface area is 155 Å². The number of carbonyl (C=O) groups excluding carboxylic acids is 2. The summed E-state index contributed by atoms with van der Waals surface area (Å²) in [6.07, 6.45) is -0.582. The highest BCUT2D eigenvalue weighted by atomic mass is 16.7. The van der Waals surface area contributed by atoms with Gasteiger partial charge in [-0.15, -0.1) is 0 Å². The Morgan fingerprint density at radius 2 is 1.70 bits per heavy atom. The Morgan fingerprint density at radius 1 is 1.07 bits per heavy atom. The first-order chi connectivity index (χ1) is 12.9. The van der Waals surface area contributed by atoms with Crippen molar-refractivity contribution in [1.29, 1.82) is 0 Å². The standard InChI is InChI=1S/C18H20N2O7/c1-20-12(10-13(24-2)25-3)19-14(18(23)26-4)15(16(20)21)27-17(22)11-8-6-5-7-9-11/h5-9,13H,10H2,1-4H3. The monoisotopic (exact) mass is 376 g/mol. The van der Waals surface area contributed by atoms with Gasteiger partial charge in [0.1, 0.15) is 5.82 Å². The minimum Gasteiger partial charge on any atom is -0.464 e. The van der Waals surface area contributed by atoms with E-state index in [4.69, 9.17) is 14.2 Å². The number of esters is 2. The van der Waals surface area contributed by atoms with Crippen molar-refractivity contribution in [2.24, 2.45) is 7.05 Å². The lowest BCUT2D eigenvalue weighted by Crippen LogP contribution is -2.31. The minimum atomic E-state index is -0.906. The van der Waals surface area contributed by atoms with Gasteiger partial charge in [0.25, 0.3) is 5.56 Å². The van der Waals surface area contributed by atoms with Crippen LogP contribution in [0.25, 0.3) is 0 Å². The molecule has 1 heterocycles. The lowest BCUT2D eigenvalue weighted by molar-refractivity contribution is -0.102. The summed E-state index contributed by atoms with van der Waals surface area (Å²) >= 11 is 0. The van der Waals surface area contributed by atoms with E-state index in [2.05, 4.69) is 9.72 Å². The van der Waals surface area contributed by atoms with Gasteiger partial charge in [-0.25, -0.2) is 14.6 Å². The summed E-state index contributed by atoms with van der Waals surface area (Å²) in [5.41, 5.74) is -0.889. The second kappa shape index (κ2) is 9.06. The maximum atomic E-state index is 12.7. The summed E-state index contributed by atoms with van der Waals surface area (Å²) in [5.74, 6) is -2.00. The Kier molecular flexibility index (Phi) is 6.80. The summed E-state index contributed by atoms with van der Waals surface area (Å²) in [7, 11) is 5.44. The molecular formula is C18H20N2O7. The van der Waals surface area contributed by atoms with Crippen LogP contribution in [0.4, 0.5) is 0 Å². The van der Waals surface area contributed by atoms with Crippen molar-refractivity contribution in [1.82, 2.24) is 9.55 Å². The number of hydrogen-bond donors (Lipinski definition) is 0. The van der Waals surface area contributed by atoms with Crippen molar-refractivity contribution in [2.45, 2.75) is 12.7 Å². The molecule has 0 unspecified atom stereocenters. The van der Waals surface area contributed by atoms with Crippen molar-refractivity contribution in [2.75, 3.05) is 21.3 Å². The van der Waals surface area contributed by atoms with Crippen LogP contribution < -0.4 is 10.3 Å². The number of benzene rings is 1. The number of methoxy groups -OCH3 is 3. The predicted octanol–water partition coefficient (Wildman–Crippen LogP) is 0.947. The molecule has 0 aliphatic rings. The average Bonchev–Trinajstić information content (AvgIpc) is 2.70. The van der Waals surface area contributed by atoms with Crippen molar-refractivity contribution in [3.8, 4) is 5.75 Å². The van der Waals surface area contributed by atoms with Crippen LogP contribution in [0, 0.1) is 0 Å². The van der Waals surface area contributed by atoms with E-state index in [0.717, 1.165) is 11.7 Å². The molecule has 0 spiro atoms. The molecule has 9 heteroatoms. The molecule has 0 N–H and O–H groups in total. The average molecular weight is 376 g/mol. The van der Waals surface area contributed by atoms with E-state index in [1.807, 2.05) is 0 Å². The Hall–Kier alpha value is -3.04. The molecule has 0 amide bonds. The smallest absolute Gasteiger partial charge is 0.360 e. The number of ether oxygens (including phenoxy) is 4. The molecule has 0 aliphatic heterocycles. The summed E-state index contributed by atoms with van der Waals surface area (Å²) < 4.78 is 21.2. The van der Waals surface area contributed by atoms with E-state index >= 15 is 0 Å². The highest BCUT2D eigenvalue weighted by molar-refractivity contribution is 5.94. The van der Waals surface area contributed by atoms with Gasteiger partial charge in [0.2, 0.25) is 5.75 Å². The lowest BCUT2D eigenvalue weighted by Gasteiger charge is -2.17. The van der Waals surface area contributed by atoms with Gasteiger partial charge in [0, 0.05) is 21.3 Å². The van der Waals surface area contributed by atoms with Gasteiger partial charge >= 0.3 is 11.9 Å². The third kappa shape index (κ3) is 4.57. The second-order valence-corrected chi connectivity index (χ2v) is 5.42. The van der Waals surface area contributed by atoms with E-state index in [0.29, 0.717) is 0 Å². The molecule has 0 saturated carbocycles. The topological polar surface area (TPSA) is 106 Å². The molecule has 2 aromatic rings. The molecule has 0 aliphatic carbocycles. The van der Waals surface area contributed by atoms with Gasteiger partial charge in [-0.3, -0.25) is 9.36 Å². The Balaban J connectivity index is 2.50. The highest BCUT2D eigenvalue weighted by Gasteiger charge is 2.26. The highest BCUT2D eigenvalue weighted by Crippen LogP contribution is 2.16. The third-order valence-corrected chi connectivity index (χ3v) is 3.80. The Bertz CT molecular complexity index is 873. The maximum absolute atomic E-state index is 12.7. The fraction of sp³-hybridized carbons (Fsp3) is 0.333. The summed E-state index contributed by atoms with van der Waals surface area (Å²) in [5, 5.41) is 0. The van der Waals surface area contributed by atoms with Crippen molar-refractivity contribution in [3.05, 3.63) is 57.8 Å².